The van der Waals surface area contributed by atoms with Crippen LogP contribution in [0.25, 0.3) is 0 Å². The molecule has 1 saturated heterocycles. The topological polar surface area (TPSA) is 23.5 Å². The van der Waals surface area contributed by atoms with E-state index in [1.807, 2.05) is 18.2 Å². The Morgan fingerprint density at radius 1 is 1.13 bits per heavy atom. The van der Waals surface area contributed by atoms with Crippen LogP contribution in [0.3, 0.4) is 0 Å². The van der Waals surface area contributed by atoms with Crippen molar-refractivity contribution in [2.24, 2.45) is 0 Å². The predicted molar refractivity (Wildman–Crippen MR) is 61.6 cm³/mol. The number of benzene rings is 1. The Hall–Kier alpha value is -0.860. The van der Waals surface area contributed by atoms with Gasteiger partial charge in [0.1, 0.15) is 6.23 Å². The lowest BCUT2D eigenvalue weighted by molar-refractivity contribution is -0.0102. The first-order valence-electron chi connectivity index (χ1n) is 5.76. The second-order valence-electron chi connectivity index (χ2n) is 4.33. The van der Waals surface area contributed by atoms with E-state index in [-0.39, 0.29) is 0 Å². The van der Waals surface area contributed by atoms with Gasteiger partial charge in [-0.1, -0.05) is 30.7 Å². The number of aryl methyl sites for hydroxylation is 1. The van der Waals surface area contributed by atoms with Crippen molar-refractivity contribution in [1.29, 1.82) is 0 Å². The summed E-state index contributed by atoms with van der Waals surface area (Å²) in [6.45, 7) is 4.10. The third-order valence-corrected chi connectivity index (χ3v) is 3.20. The number of likely N-dealkylation sites (tertiary alicyclic amines) is 1. The van der Waals surface area contributed by atoms with Gasteiger partial charge >= 0.3 is 0 Å². The Morgan fingerprint density at radius 2 is 1.80 bits per heavy atom. The molecule has 0 bridgehead atoms. The maximum absolute atomic E-state index is 10.3. The third-order valence-electron chi connectivity index (χ3n) is 3.20. The molecule has 0 amide bonds. The minimum Gasteiger partial charge on any atom is -0.374 e. The summed E-state index contributed by atoms with van der Waals surface area (Å²) >= 11 is 0. The molecule has 0 aliphatic carbocycles. The van der Waals surface area contributed by atoms with Crippen molar-refractivity contribution in [2.75, 3.05) is 13.1 Å². The zero-order chi connectivity index (χ0) is 10.7. The van der Waals surface area contributed by atoms with E-state index in [2.05, 4.69) is 17.9 Å². The van der Waals surface area contributed by atoms with Crippen molar-refractivity contribution >= 4 is 0 Å². The van der Waals surface area contributed by atoms with Gasteiger partial charge in [-0.3, -0.25) is 4.90 Å². The molecule has 1 unspecified atom stereocenters. The molecule has 1 fully saturated rings. The van der Waals surface area contributed by atoms with Crippen LogP contribution in [-0.2, 0) is 0 Å². The standard InChI is InChI=1S/C13H19NO/c1-11-7-3-4-8-12(11)13(15)14-9-5-2-6-10-14/h3-4,7-8,13,15H,2,5-6,9-10H2,1H3. The molecule has 1 heterocycles. The number of piperidine rings is 1. The molecule has 0 radical (unpaired) electrons. The molecule has 1 atom stereocenters. The molecule has 1 aliphatic heterocycles. The zero-order valence-electron chi connectivity index (χ0n) is 9.32. The normalized spacial score (nSPS) is 20.1. The Bertz CT molecular complexity index is 318. The first-order valence-corrected chi connectivity index (χ1v) is 5.76. The predicted octanol–water partition coefficient (Wildman–Crippen LogP) is 2.47. The van der Waals surface area contributed by atoms with Crippen LogP contribution in [0.4, 0.5) is 0 Å². The molecule has 2 rings (SSSR count). The van der Waals surface area contributed by atoms with Gasteiger partial charge in [-0.15, -0.1) is 0 Å². The number of nitrogens with zero attached hydrogens (tertiary/aromatic N) is 1. The third kappa shape index (κ3) is 2.39. The molecule has 0 saturated carbocycles. The van der Waals surface area contributed by atoms with E-state index in [0.29, 0.717) is 0 Å². The van der Waals surface area contributed by atoms with Gasteiger partial charge in [-0.05, 0) is 30.9 Å². The summed E-state index contributed by atoms with van der Waals surface area (Å²) in [5.41, 5.74) is 2.23. The number of hydrogen-bond donors (Lipinski definition) is 1. The van der Waals surface area contributed by atoms with Gasteiger partial charge in [0, 0.05) is 13.1 Å². The van der Waals surface area contributed by atoms with Crippen LogP contribution >= 0.6 is 0 Å². The average molecular weight is 205 g/mol. The van der Waals surface area contributed by atoms with Crippen molar-refractivity contribution < 1.29 is 5.11 Å². The Balaban J connectivity index is 2.12. The molecular weight excluding hydrogens is 186 g/mol. The molecule has 2 heteroatoms. The van der Waals surface area contributed by atoms with E-state index in [1.165, 1.54) is 24.8 Å². The van der Waals surface area contributed by atoms with Gasteiger partial charge in [-0.2, -0.15) is 0 Å². The molecule has 0 spiro atoms. The minimum absolute atomic E-state index is 0.411. The van der Waals surface area contributed by atoms with Crippen molar-refractivity contribution in [3.8, 4) is 0 Å². The Kier molecular flexibility index (Phi) is 3.39. The van der Waals surface area contributed by atoms with Crippen LogP contribution in [0.1, 0.15) is 36.6 Å². The van der Waals surface area contributed by atoms with E-state index in [9.17, 15) is 5.11 Å². The SMILES string of the molecule is Cc1ccccc1C(O)N1CCCCC1. The summed E-state index contributed by atoms with van der Waals surface area (Å²) in [5, 5.41) is 10.3. The second-order valence-corrected chi connectivity index (χ2v) is 4.33. The quantitative estimate of drug-likeness (QED) is 0.801. The highest BCUT2D eigenvalue weighted by Gasteiger charge is 2.20. The molecular formula is C13H19NO. The van der Waals surface area contributed by atoms with E-state index in [0.717, 1.165) is 18.7 Å². The van der Waals surface area contributed by atoms with Gasteiger partial charge in [0.2, 0.25) is 0 Å². The lowest BCUT2D eigenvalue weighted by atomic mass is 10.0. The van der Waals surface area contributed by atoms with E-state index < -0.39 is 6.23 Å². The molecule has 2 nitrogen and oxygen atoms in total. The van der Waals surface area contributed by atoms with Gasteiger partial charge in [0.05, 0.1) is 0 Å². The van der Waals surface area contributed by atoms with Crippen LogP contribution < -0.4 is 0 Å². The number of hydrogen-bond acceptors (Lipinski definition) is 2. The van der Waals surface area contributed by atoms with Gasteiger partial charge in [0.25, 0.3) is 0 Å². The lowest BCUT2D eigenvalue weighted by Gasteiger charge is -2.31. The Morgan fingerprint density at radius 3 is 2.47 bits per heavy atom. The molecule has 15 heavy (non-hydrogen) atoms. The second kappa shape index (κ2) is 4.77. The maximum atomic E-state index is 10.3. The summed E-state index contributed by atoms with van der Waals surface area (Å²) in [7, 11) is 0. The number of rotatable bonds is 2. The van der Waals surface area contributed by atoms with Crippen molar-refractivity contribution in [3.63, 3.8) is 0 Å². The fourth-order valence-corrected chi connectivity index (χ4v) is 2.24. The number of aliphatic hydroxyl groups is 1. The first kappa shape index (κ1) is 10.7. The first-order chi connectivity index (χ1) is 7.29. The summed E-state index contributed by atoms with van der Waals surface area (Å²) in [4.78, 5) is 2.17. The Labute approximate surface area is 91.5 Å². The average Bonchev–Trinajstić information content (AvgIpc) is 2.30. The van der Waals surface area contributed by atoms with Gasteiger partial charge in [0.15, 0.2) is 0 Å². The zero-order valence-corrected chi connectivity index (χ0v) is 9.32. The summed E-state index contributed by atoms with van der Waals surface area (Å²) < 4.78 is 0. The van der Waals surface area contributed by atoms with Crippen molar-refractivity contribution in [3.05, 3.63) is 35.4 Å². The van der Waals surface area contributed by atoms with Crippen LogP contribution in [0.15, 0.2) is 24.3 Å². The molecule has 1 aromatic rings. The van der Waals surface area contributed by atoms with E-state index in [1.54, 1.807) is 0 Å². The highest BCUT2D eigenvalue weighted by atomic mass is 16.3. The summed E-state index contributed by atoms with van der Waals surface area (Å²) in [5.74, 6) is 0. The molecule has 1 aromatic carbocycles. The lowest BCUT2D eigenvalue weighted by Crippen LogP contribution is -2.33. The van der Waals surface area contributed by atoms with Gasteiger partial charge in [-0.25, -0.2) is 0 Å². The monoisotopic (exact) mass is 205 g/mol. The van der Waals surface area contributed by atoms with Crippen LogP contribution in [0.2, 0.25) is 0 Å². The largest absolute Gasteiger partial charge is 0.374 e. The summed E-state index contributed by atoms with van der Waals surface area (Å²) in [6.07, 6.45) is 3.31. The molecule has 82 valence electrons. The van der Waals surface area contributed by atoms with Gasteiger partial charge < -0.3 is 5.11 Å². The fourth-order valence-electron chi connectivity index (χ4n) is 2.24. The summed E-state index contributed by atoms with van der Waals surface area (Å²) in [6, 6.07) is 8.09. The maximum Gasteiger partial charge on any atom is 0.133 e. The van der Waals surface area contributed by atoms with E-state index >= 15 is 0 Å². The van der Waals surface area contributed by atoms with Crippen LogP contribution in [-0.4, -0.2) is 23.1 Å². The van der Waals surface area contributed by atoms with Crippen molar-refractivity contribution in [2.45, 2.75) is 32.4 Å². The van der Waals surface area contributed by atoms with E-state index in [4.69, 9.17) is 0 Å². The minimum atomic E-state index is -0.411. The van der Waals surface area contributed by atoms with Crippen molar-refractivity contribution in [1.82, 2.24) is 4.90 Å². The fraction of sp³-hybridized carbons (Fsp3) is 0.538. The number of aliphatic hydroxyl groups excluding tert-OH is 1. The smallest absolute Gasteiger partial charge is 0.133 e. The highest BCUT2D eigenvalue weighted by molar-refractivity contribution is 5.27. The highest BCUT2D eigenvalue weighted by Crippen LogP contribution is 2.24. The van der Waals surface area contributed by atoms with Crippen LogP contribution in [0, 0.1) is 6.92 Å². The molecule has 1 N–H and O–H groups in total. The molecule has 1 aliphatic rings. The van der Waals surface area contributed by atoms with Crippen LogP contribution in [0.5, 0.6) is 0 Å². The molecule has 0 aromatic heterocycles.